The van der Waals surface area contributed by atoms with Gasteiger partial charge in [0.15, 0.2) is 0 Å². The summed E-state index contributed by atoms with van der Waals surface area (Å²) < 4.78 is 0. The molecule has 4 aromatic rings. The molecule has 0 saturated heterocycles. The van der Waals surface area contributed by atoms with Crippen molar-refractivity contribution < 1.29 is 4.79 Å². The highest BCUT2D eigenvalue weighted by molar-refractivity contribution is 6.31. The first kappa shape index (κ1) is 23.9. The van der Waals surface area contributed by atoms with Crippen LogP contribution in [0.4, 0.5) is 10.5 Å². The Balaban J connectivity index is 1.58. The molecular weight excluding hydrogens is 463 g/mol. The molecule has 34 heavy (non-hydrogen) atoms. The zero-order valence-corrected chi connectivity index (χ0v) is 20.2. The minimum atomic E-state index is -0.193. The first-order valence-corrected chi connectivity index (χ1v) is 12.0. The third-order valence-electron chi connectivity index (χ3n) is 5.77. The molecular formula is C29H26Cl2N2O. The standard InChI is InChI=1S/C29H26Cl2N2O/c30-25-15-9-16-26(20-25)32-29(34)33(21-24-14-7-8-17-28(24)31)19-18-27(22-10-3-1-4-11-22)23-12-5-2-6-13-23/h1-17,20,27H,18-19,21H2,(H,32,34). The van der Waals surface area contributed by atoms with E-state index in [-0.39, 0.29) is 11.9 Å². The summed E-state index contributed by atoms with van der Waals surface area (Å²) in [5.74, 6) is 0.162. The van der Waals surface area contributed by atoms with Crippen LogP contribution < -0.4 is 5.32 Å². The van der Waals surface area contributed by atoms with E-state index < -0.39 is 0 Å². The average molecular weight is 489 g/mol. The highest BCUT2D eigenvalue weighted by Crippen LogP contribution is 2.29. The predicted octanol–water partition coefficient (Wildman–Crippen LogP) is 8.25. The molecule has 0 fully saturated rings. The quantitative estimate of drug-likeness (QED) is 0.266. The Morgan fingerprint density at radius 3 is 2.00 bits per heavy atom. The summed E-state index contributed by atoms with van der Waals surface area (Å²) >= 11 is 12.5. The summed E-state index contributed by atoms with van der Waals surface area (Å²) in [4.78, 5) is 15.2. The molecule has 0 aliphatic carbocycles. The highest BCUT2D eigenvalue weighted by atomic mass is 35.5. The van der Waals surface area contributed by atoms with Gasteiger partial charge in [0.1, 0.15) is 0 Å². The van der Waals surface area contributed by atoms with Crippen molar-refractivity contribution in [2.24, 2.45) is 0 Å². The van der Waals surface area contributed by atoms with Crippen LogP contribution in [0, 0.1) is 0 Å². The van der Waals surface area contributed by atoms with E-state index in [1.807, 2.05) is 48.5 Å². The molecule has 0 heterocycles. The van der Waals surface area contributed by atoms with Gasteiger partial charge >= 0.3 is 6.03 Å². The lowest BCUT2D eigenvalue weighted by molar-refractivity contribution is 0.207. The largest absolute Gasteiger partial charge is 0.322 e. The minimum Gasteiger partial charge on any atom is -0.320 e. The fourth-order valence-electron chi connectivity index (χ4n) is 4.03. The number of carbonyl (C=O) groups is 1. The maximum atomic E-state index is 13.4. The lowest BCUT2D eigenvalue weighted by Crippen LogP contribution is -2.36. The molecule has 0 aliphatic rings. The molecule has 2 amide bonds. The highest BCUT2D eigenvalue weighted by Gasteiger charge is 2.20. The second-order valence-corrected chi connectivity index (χ2v) is 8.96. The lowest BCUT2D eigenvalue weighted by atomic mass is 9.88. The van der Waals surface area contributed by atoms with E-state index in [1.165, 1.54) is 11.1 Å². The Morgan fingerprint density at radius 2 is 1.38 bits per heavy atom. The van der Waals surface area contributed by atoms with Crippen LogP contribution in [-0.2, 0) is 6.54 Å². The Morgan fingerprint density at radius 1 is 0.765 bits per heavy atom. The van der Waals surface area contributed by atoms with Crippen molar-refractivity contribution in [3.63, 3.8) is 0 Å². The minimum absolute atomic E-state index is 0.162. The van der Waals surface area contributed by atoms with Gasteiger partial charge in [-0.15, -0.1) is 0 Å². The van der Waals surface area contributed by atoms with Crippen LogP contribution in [0.15, 0.2) is 109 Å². The Labute approximate surface area is 211 Å². The first-order chi connectivity index (χ1) is 16.6. The second kappa shape index (κ2) is 11.7. The average Bonchev–Trinajstić information content (AvgIpc) is 2.86. The molecule has 0 aromatic heterocycles. The van der Waals surface area contributed by atoms with Crippen molar-refractivity contribution in [1.82, 2.24) is 4.90 Å². The van der Waals surface area contributed by atoms with Crippen molar-refractivity contribution in [3.05, 3.63) is 136 Å². The summed E-state index contributed by atoms with van der Waals surface area (Å²) in [5, 5.41) is 4.20. The number of benzene rings is 4. The smallest absolute Gasteiger partial charge is 0.320 e. The molecule has 1 N–H and O–H groups in total. The number of halogens is 2. The van der Waals surface area contributed by atoms with Crippen molar-refractivity contribution in [1.29, 1.82) is 0 Å². The van der Waals surface area contributed by atoms with Crippen molar-refractivity contribution in [2.45, 2.75) is 18.9 Å². The van der Waals surface area contributed by atoms with Crippen LogP contribution >= 0.6 is 23.2 Å². The molecule has 0 bridgehead atoms. The number of nitrogens with zero attached hydrogens (tertiary/aromatic N) is 1. The number of urea groups is 1. The van der Waals surface area contributed by atoms with E-state index >= 15 is 0 Å². The van der Waals surface area contributed by atoms with Gasteiger partial charge in [-0.05, 0) is 47.4 Å². The van der Waals surface area contributed by atoms with Crippen LogP contribution in [0.3, 0.4) is 0 Å². The summed E-state index contributed by atoms with van der Waals surface area (Å²) in [6.07, 6.45) is 0.765. The van der Waals surface area contributed by atoms with Gasteiger partial charge in [-0.25, -0.2) is 4.79 Å². The molecule has 4 aromatic carbocycles. The molecule has 0 unspecified atom stereocenters. The molecule has 0 saturated carbocycles. The fourth-order valence-corrected chi connectivity index (χ4v) is 4.42. The predicted molar refractivity (Wildman–Crippen MR) is 142 cm³/mol. The van der Waals surface area contributed by atoms with Crippen molar-refractivity contribution >= 4 is 34.9 Å². The van der Waals surface area contributed by atoms with Crippen LogP contribution in [0.5, 0.6) is 0 Å². The number of carbonyl (C=O) groups excluding carboxylic acids is 1. The zero-order chi connectivity index (χ0) is 23.8. The Hall–Kier alpha value is -3.27. The number of rotatable bonds is 8. The maximum Gasteiger partial charge on any atom is 0.322 e. The third kappa shape index (κ3) is 6.40. The normalized spacial score (nSPS) is 10.8. The molecule has 0 radical (unpaired) electrons. The van der Waals surface area contributed by atoms with Gasteiger partial charge < -0.3 is 10.2 Å². The van der Waals surface area contributed by atoms with E-state index in [2.05, 4.69) is 53.8 Å². The SMILES string of the molecule is O=C(Nc1cccc(Cl)c1)N(CCC(c1ccccc1)c1ccccc1)Cc1ccccc1Cl. The summed E-state index contributed by atoms with van der Waals surface area (Å²) in [6, 6.07) is 35.4. The van der Waals surface area contributed by atoms with Gasteiger partial charge in [0.25, 0.3) is 0 Å². The van der Waals surface area contributed by atoms with Gasteiger partial charge in [0, 0.05) is 34.7 Å². The van der Waals surface area contributed by atoms with Gasteiger partial charge in [0.05, 0.1) is 0 Å². The van der Waals surface area contributed by atoms with E-state index in [9.17, 15) is 4.79 Å². The van der Waals surface area contributed by atoms with Crippen LogP contribution in [0.25, 0.3) is 0 Å². The topological polar surface area (TPSA) is 32.3 Å². The number of hydrogen-bond donors (Lipinski definition) is 1. The summed E-state index contributed by atoms with van der Waals surface area (Å²) in [7, 11) is 0. The summed E-state index contributed by atoms with van der Waals surface area (Å²) in [5.41, 5.74) is 4.01. The van der Waals surface area contributed by atoms with Crippen molar-refractivity contribution in [3.8, 4) is 0 Å². The number of nitrogens with one attached hydrogen (secondary N) is 1. The molecule has 172 valence electrons. The lowest BCUT2D eigenvalue weighted by Gasteiger charge is -2.27. The first-order valence-electron chi connectivity index (χ1n) is 11.2. The van der Waals surface area contributed by atoms with Crippen LogP contribution in [0.1, 0.15) is 29.0 Å². The summed E-state index contributed by atoms with van der Waals surface area (Å²) in [6.45, 7) is 0.953. The van der Waals surface area contributed by atoms with E-state index in [0.29, 0.717) is 28.8 Å². The van der Waals surface area contributed by atoms with Crippen molar-refractivity contribution in [2.75, 3.05) is 11.9 Å². The number of amides is 2. The number of hydrogen-bond acceptors (Lipinski definition) is 1. The van der Waals surface area contributed by atoms with Gasteiger partial charge in [-0.3, -0.25) is 0 Å². The monoisotopic (exact) mass is 488 g/mol. The molecule has 0 atom stereocenters. The van der Waals surface area contributed by atoms with Gasteiger partial charge in [0.2, 0.25) is 0 Å². The molecule has 3 nitrogen and oxygen atoms in total. The van der Waals surface area contributed by atoms with E-state index in [4.69, 9.17) is 23.2 Å². The molecule has 4 rings (SSSR count). The Kier molecular flexibility index (Phi) is 8.24. The van der Waals surface area contributed by atoms with Crippen LogP contribution in [-0.4, -0.2) is 17.5 Å². The Bertz CT molecular complexity index is 1180. The second-order valence-electron chi connectivity index (χ2n) is 8.12. The molecule has 5 heteroatoms. The molecule has 0 spiro atoms. The third-order valence-corrected chi connectivity index (χ3v) is 6.38. The fraction of sp³-hybridized carbons (Fsp3) is 0.138. The van der Waals surface area contributed by atoms with Crippen LogP contribution in [0.2, 0.25) is 10.0 Å². The maximum absolute atomic E-state index is 13.4. The number of anilines is 1. The van der Waals surface area contributed by atoms with Gasteiger partial charge in [-0.2, -0.15) is 0 Å². The van der Waals surface area contributed by atoms with Gasteiger partial charge in [-0.1, -0.05) is 108 Å². The van der Waals surface area contributed by atoms with E-state index in [1.54, 1.807) is 17.0 Å². The molecule has 0 aliphatic heterocycles. The zero-order valence-electron chi connectivity index (χ0n) is 18.7. The van der Waals surface area contributed by atoms with E-state index in [0.717, 1.165) is 12.0 Å².